The number of anilines is 2. The molecule has 1 saturated heterocycles. The molecule has 5 rings (SSSR count). The Balaban J connectivity index is 1.49. The molecule has 2 amide bonds. The summed E-state index contributed by atoms with van der Waals surface area (Å²) >= 11 is 6.13. The van der Waals surface area contributed by atoms with Gasteiger partial charge in [-0.05, 0) is 61.2 Å². The van der Waals surface area contributed by atoms with Crippen LogP contribution in [0.25, 0.3) is 11.3 Å². The zero-order valence-electron chi connectivity index (χ0n) is 18.1. The second kappa shape index (κ2) is 9.12. The number of amides is 2. The number of carbonyl (C=O) groups excluding carboxylic acids is 2. The van der Waals surface area contributed by atoms with Crippen LogP contribution in [0.15, 0.2) is 72.8 Å². The lowest BCUT2D eigenvalue weighted by Gasteiger charge is -2.26. The van der Waals surface area contributed by atoms with E-state index in [0.717, 1.165) is 42.7 Å². The van der Waals surface area contributed by atoms with Crippen molar-refractivity contribution < 1.29 is 9.59 Å². The largest absolute Gasteiger partial charge is 0.354 e. The maximum absolute atomic E-state index is 13.0. The van der Waals surface area contributed by atoms with E-state index in [-0.39, 0.29) is 11.8 Å². The molecule has 6 heteroatoms. The molecule has 0 aliphatic carbocycles. The van der Waals surface area contributed by atoms with Gasteiger partial charge in [-0.15, -0.1) is 0 Å². The Morgan fingerprint density at radius 1 is 0.879 bits per heavy atom. The number of fused-ring (bicyclic) bond motifs is 1. The molecule has 0 bridgehead atoms. The summed E-state index contributed by atoms with van der Waals surface area (Å²) in [6, 6.07) is 22.6. The average Bonchev–Trinajstić information content (AvgIpc) is 3.18. The van der Waals surface area contributed by atoms with Crippen LogP contribution < -0.4 is 10.6 Å². The molecule has 3 aromatic rings. The Labute approximate surface area is 198 Å². The fourth-order valence-electron chi connectivity index (χ4n) is 4.40. The van der Waals surface area contributed by atoms with Crippen LogP contribution in [0, 0.1) is 0 Å². The molecule has 1 fully saturated rings. The average molecular weight is 458 g/mol. The van der Waals surface area contributed by atoms with Crippen molar-refractivity contribution in [2.24, 2.45) is 0 Å². The summed E-state index contributed by atoms with van der Waals surface area (Å²) in [7, 11) is 0. The summed E-state index contributed by atoms with van der Waals surface area (Å²) in [5.74, 6) is -0.112. The van der Waals surface area contributed by atoms with E-state index in [0.29, 0.717) is 27.5 Å². The summed E-state index contributed by atoms with van der Waals surface area (Å²) in [5.41, 5.74) is 5.11. The Kier molecular flexibility index (Phi) is 5.88. The highest BCUT2D eigenvalue weighted by molar-refractivity contribution is 6.38. The number of benzene rings is 3. The highest BCUT2D eigenvalue weighted by Gasteiger charge is 2.28. The lowest BCUT2D eigenvalue weighted by molar-refractivity contribution is -0.110. The lowest BCUT2D eigenvalue weighted by Crippen LogP contribution is -2.35. The number of nitrogens with one attached hydrogen (secondary N) is 2. The van der Waals surface area contributed by atoms with Gasteiger partial charge in [-0.1, -0.05) is 48.0 Å². The van der Waals surface area contributed by atoms with Crippen molar-refractivity contribution in [2.75, 3.05) is 23.7 Å². The minimum atomic E-state index is -0.185. The first-order valence-corrected chi connectivity index (χ1v) is 11.6. The molecule has 0 atom stereocenters. The molecule has 0 aromatic heterocycles. The van der Waals surface area contributed by atoms with Crippen molar-refractivity contribution in [3.63, 3.8) is 0 Å². The van der Waals surface area contributed by atoms with Gasteiger partial charge in [0.05, 0.1) is 17.0 Å². The first-order chi connectivity index (χ1) is 16.1. The Hall–Kier alpha value is -3.57. The second-order valence-corrected chi connectivity index (χ2v) is 8.75. The van der Waals surface area contributed by atoms with Crippen molar-refractivity contribution in [3.05, 3.63) is 94.5 Å². The highest BCUT2D eigenvalue weighted by Crippen LogP contribution is 2.38. The van der Waals surface area contributed by atoms with Crippen LogP contribution in [0.3, 0.4) is 0 Å². The lowest BCUT2D eigenvalue weighted by atomic mass is 10.00. The van der Waals surface area contributed by atoms with Crippen LogP contribution in [-0.4, -0.2) is 29.8 Å². The van der Waals surface area contributed by atoms with Gasteiger partial charge in [0.1, 0.15) is 0 Å². The highest BCUT2D eigenvalue weighted by atomic mass is 35.5. The predicted molar refractivity (Wildman–Crippen MR) is 133 cm³/mol. The maximum Gasteiger partial charge on any atom is 0.258 e. The quantitative estimate of drug-likeness (QED) is 0.479. The molecule has 2 N–H and O–H groups in total. The van der Waals surface area contributed by atoms with E-state index in [1.54, 1.807) is 12.1 Å². The van der Waals surface area contributed by atoms with Crippen molar-refractivity contribution in [2.45, 2.75) is 19.3 Å². The van der Waals surface area contributed by atoms with E-state index < -0.39 is 0 Å². The second-order valence-electron chi connectivity index (χ2n) is 8.32. The van der Waals surface area contributed by atoms with Crippen LogP contribution in [-0.2, 0) is 4.79 Å². The van der Waals surface area contributed by atoms with E-state index in [4.69, 9.17) is 11.6 Å². The number of rotatable bonds is 4. The third kappa shape index (κ3) is 4.37. The van der Waals surface area contributed by atoms with Gasteiger partial charge in [-0.2, -0.15) is 0 Å². The monoisotopic (exact) mass is 457 g/mol. The van der Waals surface area contributed by atoms with E-state index >= 15 is 0 Å². The van der Waals surface area contributed by atoms with Crippen LogP contribution in [0.4, 0.5) is 11.4 Å². The SMILES string of the molecule is O=C1Nc2cc(Cl)ccc2/C1=C(/Nc1ccc(C(=O)N2CCCCC2)cc1)c1ccccc1. The maximum atomic E-state index is 13.0. The molecule has 2 aliphatic rings. The fraction of sp³-hybridized carbons (Fsp3) is 0.185. The Morgan fingerprint density at radius 2 is 1.61 bits per heavy atom. The topological polar surface area (TPSA) is 61.4 Å². The Bertz CT molecular complexity index is 1230. The third-order valence-corrected chi connectivity index (χ3v) is 6.32. The molecule has 0 radical (unpaired) electrons. The van der Waals surface area contributed by atoms with Gasteiger partial charge >= 0.3 is 0 Å². The van der Waals surface area contributed by atoms with Gasteiger partial charge < -0.3 is 15.5 Å². The van der Waals surface area contributed by atoms with Crippen molar-refractivity contribution in [1.29, 1.82) is 0 Å². The fourth-order valence-corrected chi connectivity index (χ4v) is 4.57. The predicted octanol–water partition coefficient (Wildman–Crippen LogP) is 5.90. The minimum absolute atomic E-state index is 0.0730. The first-order valence-electron chi connectivity index (χ1n) is 11.2. The van der Waals surface area contributed by atoms with Gasteiger partial charge in [-0.25, -0.2) is 0 Å². The summed E-state index contributed by atoms with van der Waals surface area (Å²) in [6.45, 7) is 1.64. The standard InChI is InChI=1S/C27H24ClN3O2/c28-20-11-14-22-23(17-20)30-26(32)24(22)25(18-7-3-1-4-8-18)29-21-12-9-19(10-13-21)27(33)31-15-5-2-6-16-31/h1,3-4,7-14,17,29H,2,5-6,15-16H2,(H,30,32)/b25-24-. The molecule has 166 valence electrons. The minimum Gasteiger partial charge on any atom is -0.354 e. The number of hydrogen-bond donors (Lipinski definition) is 2. The molecule has 0 unspecified atom stereocenters. The number of piperidine rings is 1. The van der Waals surface area contributed by atoms with Crippen LogP contribution >= 0.6 is 11.6 Å². The molecule has 0 spiro atoms. The Morgan fingerprint density at radius 3 is 2.33 bits per heavy atom. The summed E-state index contributed by atoms with van der Waals surface area (Å²) < 4.78 is 0. The number of nitrogens with zero attached hydrogens (tertiary/aromatic N) is 1. The van der Waals surface area contributed by atoms with Crippen molar-refractivity contribution >= 4 is 46.1 Å². The van der Waals surface area contributed by atoms with E-state index in [9.17, 15) is 9.59 Å². The number of carbonyl (C=O) groups is 2. The number of likely N-dealkylation sites (tertiary alicyclic amines) is 1. The summed E-state index contributed by atoms with van der Waals surface area (Å²) in [5, 5.41) is 6.91. The normalized spacial score (nSPS) is 16.8. The molecule has 5 nitrogen and oxygen atoms in total. The van der Waals surface area contributed by atoms with Gasteiger partial charge in [0, 0.05) is 34.9 Å². The zero-order chi connectivity index (χ0) is 22.8. The molecule has 33 heavy (non-hydrogen) atoms. The zero-order valence-corrected chi connectivity index (χ0v) is 18.9. The van der Waals surface area contributed by atoms with E-state index in [2.05, 4.69) is 10.6 Å². The van der Waals surface area contributed by atoms with Gasteiger partial charge in [0.15, 0.2) is 0 Å². The first kappa shape index (κ1) is 21.3. The summed E-state index contributed by atoms with van der Waals surface area (Å²) in [4.78, 5) is 27.7. The van der Waals surface area contributed by atoms with Crippen LogP contribution in [0.1, 0.15) is 40.7 Å². The van der Waals surface area contributed by atoms with E-state index in [1.807, 2.05) is 65.6 Å². The van der Waals surface area contributed by atoms with Gasteiger partial charge in [0.2, 0.25) is 0 Å². The molecule has 2 aliphatic heterocycles. The smallest absolute Gasteiger partial charge is 0.258 e. The third-order valence-electron chi connectivity index (χ3n) is 6.08. The van der Waals surface area contributed by atoms with Crippen LogP contribution in [0.2, 0.25) is 5.02 Å². The molecule has 0 saturated carbocycles. The molecule has 2 heterocycles. The molecule has 3 aromatic carbocycles. The molecular weight excluding hydrogens is 434 g/mol. The summed E-state index contributed by atoms with van der Waals surface area (Å²) in [6.07, 6.45) is 3.31. The van der Waals surface area contributed by atoms with Crippen molar-refractivity contribution in [1.82, 2.24) is 4.90 Å². The van der Waals surface area contributed by atoms with Crippen LogP contribution in [0.5, 0.6) is 0 Å². The van der Waals surface area contributed by atoms with E-state index in [1.165, 1.54) is 6.42 Å². The molecular formula is C27H24ClN3O2. The van der Waals surface area contributed by atoms with Gasteiger partial charge in [-0.3, -0.25) is 9.59 Å². The number of halogens is 1. The van der Waals surface area contributed by atoms with Crippen molar-refractivity contribution in [3.8, 4) is 0 Å². The van der Waals surface area contributed by atoms with Gasteiger partial charge in [0.25, 0.3) is 11.8 Å². The number of hydrogen-bond acceptors (Lipinski definition) is 3.